The topological polar surface area (TPSA) is 43.0 Å². The van der Waals surface area contributed by atoms with E-state index in [2.05, 4.69) is 17.3 Å². The Morgan fingerprint density at radius 1 is 1.47 bits per heavy atom. The SMILES string of the molecule is Cc1cnn(C)c1CNCc1ccco1. The predicted molar refractivity (Wildman–Crippen MR) is 57.2 cm³/mol. The fourth-order valence-electron chi connectivity index (χ4n) is 1.54. The molecule has 0 saturated carbocycles. The summed E-state index contributed by atoms with van der Waals surface area (Å²) in [4.78, 5) is 0. The zero-order valence-corrected chi connectivity index (χ0v) is 9.03. The van der Waals surface area contributed by atoms with Crippen molar-refractivity contribution in [2.45, 2.75) is 20.0 Å². The van der Waals surface area contributed by atoms with Crippen molar-refractivity contribution >= 4 is 0 Å². The molecule has 0 atom stereocenters. The van der Waals surface area contributed by atoms with Gasteiger partial charge in [-0.2, -0.15) is 5.10 Å². The van der Waals surface area contributed by atoms with Gasteiger partial charge >= 0.3 is 0 Å². The lowest BCUT2D eigenvalue weighted by atomic mass is 10.3. The number of hydrogen-bond donors (Lipinski definition) is 1. The van der Waals surface area contributed by atoms with Crippen molar-refractivity contribution in [3.05, 3.63) is 41.6 Å². The van der Waals surface area contributed by atoms with E-state index < -0.39 is 0 Å². The van der Waals surface area contributed by atoms with Crippen LogP contribution in [0, 0.1) is 6.92 Å². The molecule has 2 aromatic rings. The molecular formula is C11H15N3O. The Labute approximate surface area is 88.9 Å². The first-order valence-electron chi connectivity index (χ1n) is 4.98. The van der Waals surface area contributed by atoms with Gasteiger partial charge in [0.15, 0.2) is 0 Å². The molecular weight excluding hydrogens is 190 g/mol. The van der Waals surface area contributed by atoms with Crippen molar-refractivity contribution in [3.63, 3.8) is 0 Å². The first kappa shape index (κ1) is 9.98. The second kappa shape index (κ2) is 4.31. The maximum Gasteiger partial charge on any atom is 0.117 e. The summed E-state index contributed by atoms with van der Waals surface area (Å²) in [5, 5.41) is 7.50. The van der Waals surface area contributed by atoms with Gasteiger partial charge in [-0.25, -0.2) is 0 Å². The zero-order chi connectivity index (χ0) is 10.7. The molecule has 0 amide bonds. The van der Waals surface area contributed by atoms with Crippen LogP contribution >= 0.6 is 0 Å². The Kier molecular flexibility index (Phi) is 2.87. The Morgan fingerprint density at radius 2 is 2.33 bits per heavy atom. The van der Waals surface area contributed by atoms with Gasteiger partial charge in [-0.3, -0.25) is 4.68 Å². The summed E-state index contributed by atoms with van der Waals surface area (Å²) >= 11 is 0. The molecule has 0 aliphatic carbocycles. The van der Waals surface area contributed by atoms with Gasteiger partial charge in [0.25, 0.3) is 0 Å². The molecule has 0 fully saturated rings. The van der Waals surface area contributed by atoms with Crippen LogP contribution in [0.4, 0.5) is 0 Å². The lowest BCUT2D eigenvalue weighted by Crippen LogP contribution is -2.15. The molecule has 0 bridgehead atoms. The fourth-order valence-corrected chi connectivity index (χ4v) is 1.54. The van der Waals surface area contributed by atoms with Crippen LogP contribution in [0.15, 0.2) is 29.0 Å². The molecule has 0 aromatic carbocycles. The quantitative estimate of drug-likeness (QED) is 0.824. The van der Waals surface area contributed by atoms with Crippen molar-refractivity contribution < 1.29 is 4.42 Å². The van der Waals surface area contributed by atoms with Crippen molar-refractivity contribution in [1.29, 1.82) is 0 Å². The van der Waals surface area contributed by atoms with E-state index in [1.165, 1.54) is 11.3 Å². The molecule has 4 heteroatoms. The maximum absolute atomic E-state index is 5.23. The number of aryl methyl sites for hydroxylation is 2. The second-order valence-corrected chi connectivity index (χ2v) is 3.58. The largest absolute Gasteiger partial charge is 0.468 e. The molecule has 15 heavy (non-hydrogen) atoms. The van der Waals surface area contributed by atoms with E-state index in [4.69, 9.17) is 4.42 Å². The molecule has 2 aromatic heterocycles. The Balaban J connectivity index is 1.89. The van der Waals surface area contributed by atoms with Crippen molar-refractivity contribution in [1.82, 2.24) is 15.1 Å². The van der Waals surface area contributed by atoms with Crippen LogP contribution in [0.5, 0.6) is 0 Å². The summed E-state index contributed by atoms with van der Waals surface area (Å²) in [5.74, 6) is 0.954. The number of aromatic nitrogens is 2. The highest BCUT2D eigenvalue weighted by Crippen LogP contribution is 2.05. The number of nitrogens with zero attached hydrogens (tertiary/aromatic N) is 2. The Morgan fingerprint density at radius 3 is 2.93 bits per heavy atom. The van der Waals surface area contributed by atoms with E-state index in [0.717, 1.165) is 18.8 Å². The summed E-state index contributed by atoms with van der Waals surface area (Å²) in [7, 11) is 1.96. The van der Waals surface area contributed by atoms with Gasteiger partial charge in [-0.05, 0) is 24.6 Å². The summed E-state index contributed by atoms with van der Waals surface area (Å²) < 4.78 is 7.12. The number of hydrogen-bond acceptors (Lipinski definition) is 3. The molecule has 2 heterocycles. The summed E-state index contributed by atoms with van der Waals surface area (Å²) in [6, 6.07) is 3.86. The predicted octanol–water partition coefficient (Wildman–Crippen LogP) is 1.61. The monoisotopic (exact) mass is 205 g/mol. The fraction of sp³-hybridized carbons (Fsp3) is 0.364. The third-order valence-corrected chi connectivity index (χ3v) is 2.44. The van der Waals surface area contributed by atoms with Crippen LogP contribution in [-0.4, -0.2) is 9.78 Å². The Hall–Kier alpha value is -1.55. The summed E-state index contributed by atoms with van der Waals surface area (Å²) in [5.41, 5.74) is 2.42. The smallest absolute Gasteiger partial charge is 0.117 e. The number of furan rings is 1. The molecule has 0 radical (unpaired) electrons. The highest BCUT2D eigenvalue weighted by molar-refractivity contribution is 5.15. The minimum Gasteiger partial charge on any atom is -0.468 e. The van der Waals surface area contributed by atoms with Gasteiger partial charge in [0.05, 0.1) is 24.7 Å². The summed E-state index contributed by atoms with van der Waals surface area (Å²) in [6.45, 7) is 3.62. The van der Waals surface area contributed by atoms with Gasteiger partial charge in [0, 0.05) is 13.6 Å². The van der Waals surface area contributed by atoms with E-state index in [9.17, 15) is 0 Å². The van der Waals surface area contributed by atoms with Crippen LogP contribution in [0.2, 0.25) is 0 Å². The zero-order valence-electron chi connectivity index (χ0n) is 9.03. The average Bonchev–Trinajstić information content (AvgIpc) is 2.82. The summed E-state index contributed by atoms with van der Waals surface area (Å²) in [6.07, 6.45) is 3.57. The van der Waals surface area contributed by atoms with Gasteiger partial charge in [0.1, 0.15) is 5.76 Å². The van der Waals surface area contributed by atoms with Gasteiger partial charge in [-0.15, -0.1) is 0 Å². The first-order valence-corrected chi connectivity index (χ1v) is 4.98. The van der Waals surface area contributed by atoms with Gasteiger partial charge < -0.3 is 9.73 Å². The van der Waals surface area contributed by atoms with E-state index in [1.54, 1.807) is 6.26 Å². The lowest BCUT2D eigenvalue weighted by molar-refractivity contribution is 0.478. The van der Waals surface area contributed by atoms with E-state index >= 15 is 0 Å². The standard InChI is InChI=1S/C11H15N3O/c1-9-6-13-14(2)11(9)8-12-7-10-4-3-5-15-10/h3-6,12H,7-8H2,1-2H3. The maximum atomic E-state index is 5.23. The molecule has 0 aliphatic heterocycles. The molecule has 80 valence electrons. The molecule has 1 N–H and O–H groups in total. The molecule has 0 saturated heterocycles. The lowest BCUT2D eigenvalue weighted by Gasteiger charge is -2.04. The van der Waals surface area contributed by atoms with Crippen LogP contribution in [-0.2, 0) is 20.1 Å². The van der Waals surface area contributed by atoms with Crippen molar-refractivity contribution in [2.24, 2.45) is 7.05 Å². The minimum absolute atomic E-state index is 0.748. The van der Waals surface area contributed by atoms with Crippen LogP contribution in [0.3, 0.4) is 0 Å². The number of nitrogens with one attached hydrogen (secondary N) is 1. The highest BCUT2D eigenvalue weighted by atomic mass is 16.3. The molecule has 0 aliphatic rings. The highest BCUT2D eigenvalue weighted by Gasteiger charge is 2.03. The molecule has 4 nitrogen and oxygen atoms in total. The van der Waals surface area contributed by atoms with Gasteiger partial charge in [-0.1, -0.05) is 0 Å². The van der Waals surface area contributed by atoms with Crippen LogP contribution < -0.4 is 5.32 Å². The molecule has 0 spiro atoms. The minimum atomic E-state index is 0.748. The Bertz CT molecular complexity index is 397. The van der Waals surface area contributed by atoms with E-state index in [-0.39, 0.29) is 0 Å². The average molecular weight is 205 g/mol. The second-order valence-electron chi connectivity index (χ2n) is 3.58. The normalized spacial score (nSPS) is 10.8. The van der Waals surface area contributed by atoms with E-state index in [1.807, 2.05) is 30.1 Å². The van der Waals surface area contributed by atoms with Crippen molar-refractivity contribution in [3.8, 4) is 0 Å². The number of rotatable bonds is 4. The van der Waals surface area contributed by atoms with Gasteiger partial charge in [0.2, 0.25) is 0 Å². The van der Waals surface area contributed by atoms with Crippen molar-refractivity contribution in [2.75, 3.05) is 0 Å². The molecule has 0 unspecified atom stereocenters. The molecule has 2 rings (SSSR count). The van der Waals surface area contributed by atoms with Crippen LogP contribution in [0.1, 0.15) is 17.0 Å². The van der Waals surface area contributed by atoms with Crippen LogP contribution in [0.25, 0.3) is 0 Å². The third kappa shape index (κ3) is 2.27. The third-order valence-electron chi connectivity index (χ3n) is 2.44. The first-order chi connectivity index (χ1) is 7.27. The van der Waals surface area contributed by atoms with E-state index in [0.29, 0.717) is 0 Å².